The molecule has 0 spiro atoms. The van der Waals surface area contributed by atoms with Gasteiger partial charge in [0, 0.05) is 27.7 Å². The minimum absolute atomic E-state index is 1.04. The lowest BCUT2D eigenvalue weighted by Gasteiger charge is -2.19. The molecular weight excluding hydrogens is 629 g/mol. The number of aromatic nitrogens is 1. The molecule has 1 aromatic heterocycles. The first-order valence-electron chi connectivity index (χ1n) is 17.9. The maximum absolute atomic E-state index is 3.95. The first-order chi connectivity index (χ1) is 25.8. The highest BCUT2D eigenvalue weighted by Gasteiger charge is 2.20. The number of hydrogen-bond donors (Lipinski definition) is 1. The van der Waals surface area contributed by atoms with Gasteiger partial charge in [0.2, 0.25) is 0 Å². The highest BCUT2D eigenvalue weighted by atomic mass is 15.0. The third kappa shape index (κ3) is 4.88. The van der Waals surface area contributed by atoms with E-state index in [1.54, 1.807) is 0 Å². The smallest absolute Gasteiger partial charge is 0.0783 e. The molecule has 244 valence electrons. The summed E-state index contributed by atoms with van der Waals surface area (Å²) in [4.78, 5) is 0. The Balaban J connectivity index is 1.17. The Morgan fingerprint density at radius 1 is 0.327 bits per heavy atom. The van der Waals surface area contributed by atoms with E-state index >= 15 is 0 Å². The highest BCUT2D eigenvalue weighted by molar-refractivity contribution is 6.21. The average Bonchev–Trinajstić information content (AvgIpc) is 3.56. The van der Waals surface area contributed by atoms with Crippen molar-refractivity contribution in [1.29, 1.82) is 0 Å². The topological polar surface area (TPSA) is 17.0 Å². The summed E-state index contributed by atoms with van der Waals surface area (Å²) in [6, 6.07) is 72.1. The van der Waals surface area contributed by atoms with Crippen molar-refractivity contribution in [3.05, 3.63) is 200 Å². The molecule has 0 saturated heterocycles. The predicted molar refractivity (Wildman–Crippen MR) is 222 cm³/mol. The molecule has 10 rings (SSSR count). The van der Waals surface area contributed by atoms with Crippen LogP contribution in [0.2, 0.25) is 0 Å². The van der Waals surface area contributed by atoms with E-state index in [0.717, 1.165) is 28.1 Å². The molecule has 10 aromatic rings. The van der Waals surface area contributed by atoms with Gasteiger partial charge in [-0.3, -0.25) is 0 Å². The molecular formula is C50H34N2. The summed E-state index contributed by atoms with van der Waals surface area (Å²) in [5.41, 5.74) is 12.9. The van der Waals surface area contributed by atoms with Gasteiger partial charge in [0.25, 0.3) is 0 Å². The molecule has 0 aliphatic heterocycles. The summed E-state index contributed by atoms with van der Waals surface area (Å²) < 4.78 is 2.40. The van der Waals surface area contributed by atoms with Gasteiger partial charge in [0.1, 0.15) is 0 Å². The fourth-order valence-electron chi connectivity index (χ4n) is 8.11. The molecule has 0 saturated carbocycles. The Bertz CT molecular complexity index is 2830. The van der Waals surface area contributed by atoms with Gasteiger partial charge in [-0.2, -0.15) is 0 Å². The van der Waals surface area contributed by atoms with Crippen molar-refractivity contribution in [2.45, 2.75) is 0 Å². The fourth-order valence-corrected chi connectivity index (χ4v) is 8.11. The molecule has 0 radical (unpaired) electrons. The van der Waals surface area contributed by atoms with E-state index in [9.17, 15) is 0 Å². The Labute approximate surface area is 302 Å². The fraction of sp³-hybridized carbons (Fsp3) is 0. The van der Waals surface area contributed by atoms with Crippen LogP contribution in [0.25, 0.3) is 82.4 Å². The van der Waals surface area contributed by atoms with Gasteiger partial charge in [-0.25, -0.2) is 0 Å². The van der Waals surface area contributed by atoms with Crippen LogP contribution in [-0.2, 0) is 0 Å². The van der Waals surface area contributed by atoms with Gasteiger partial charge in [0.05, 0.1) is 16.7 Å². The van der Waals surface area contributed by atoms with Crippen LogP contribution >= 0.6 is 0 Å². The van der Waals surface area contributed by atoms with Crippen LogP contribution in [0.15, 0.2) is 200 Å². The van der Waals surface area contributed by atoms with E-state index in [-0.39, 0.29) is 0 Å². The maximum Gasteiger partial charge on any atom is 0.0783 e. The molecule has 0 amide bonds. The Morgan fingerprint density at radius 3 is 1.37 bits per heavy atom. The second-order valence-corrected chi connectivity index (χ2v) is 13.3. The van der Waals surface area contributed by atoms with Crippen molar-refractivity contribution >= 4 is 54.7 Å². The number of hydrogen-bond acceptors (Lipinski definition) is 1. The predicted octanol–water partition coefficient (Wildman–Crippen LogP) is 13.8. The average molecular weight is 663 g/mol. The van der Waals surface area contributed by atoms with E-state index in [1.165, 1.54) is 65.7 Å². The van der Waals surface area contributed by atoms with Crippen LogP contribution in [0.4, 0.5) is 11.4 Å². The lowest BCUT2D eigenvalue weighted by molar-refractivity contribution is 1.18. The lowest BCUT2D eigenvalue weighted by atomic mass is 9.86. The van der Waals surface area contributed by atoms with Gasteiger partial charge in [-0.05, 0) is 79.7 Å². The van der Waals surface area contributed by atoms with Crippen LogP contribution in [0.1, 0.15) is 0 Å². The number of nitrogens with one attached hydrogen (secondary N) is 1. The van der Waals surface area contributed by atoms with E-state index in [1.807, 2.05) is 0 Å². The van der Waals surface area contributed by atoms with Crippen molar-refractivity contribution in [3.63, 3.8) is 0 Å². The van der Waals surface area contributed by atoms with Gasteiger partial charge in [0.15, 0.2) is 0 Å². The monoisotopic (exact) mass is 662 g/mol. The third-order valence-corrected chi connectivity index (χ3v) is 10.4. The van der Waals surface area contributed by atoms with Crippen molar-refractivity contribution in [2.24, 2.45) is 0 Å². The number of benzene rings is 9. The van der Waals surface area contributed by atoms with Gasteiger partial charge in [-0.15, -0.1) is 0 Å². The zero-order valence-electron chi connectivity index (χ0n) is 28.5. The van der Waals surface area contributed by atoms with E-state index in [4.69, 9.17) is 0 Å². The van der Waals surface area contributed by atoms with E-state index in [0.29, 0.717) is 0 Å². The van der Waals surface area contributed by atoms with Crippen LogP contribution in [-0.4, -0.2) is 4.57 Å². The molecule has 0 unspecified atom stereocenters. The van der Waals surface area contributed by atoms with Crippen molar-refractivity contribution in [2.75, 3.05) is 5.32 Å². The van der Waals surface area contributed by atoms with E-state index < -0.39 is 0 Å². The Kier molecular flexibility index (Phi) is 7.18. The van der Waals surface area contributed by atoms with Crippen molar-refractivity contribution in [1.82, 2.24) is 4.57 Å². The summed E-state index contributed by atoms with van der Waals surface area (Å²) in [7, 11) is 0. The standard InChI is InChI=1S/C50H34N2/c1-4-16-34(17-5-1)39-32-33-45-40-22-14-15-27-46(40)52(38-20-8-3-9-21-38)50(45)49(39)51-37-30-28-36(29-31-37)48-43-25-12-10-23-41(43)47(35-18-6-2-7-19-35)42-24-11-13-26-44(42)48/h1-33,51H. The van der Waals surface area contributed by atoms with Gasteiger partial charge < -0.3 is 9.88 Å². The summed E-state index contributed by atoms with van der Waals surface area (Å²) in [5, 5.41) is 11.4. The number of nitrogens with zero attached hydrogens (tertiary/aromatic N) is 1. The molecule has 1 N–H and O–H groups in total. The molecule has 0 bridgehead atoms. The van der Waals surface area contributed by atoms with Crippen molar-refractivity contribution < 1.29 is 0 Å². The zero-order valence-corrected chi connectivity index (χ0v) is 28.5. The number of fused-ring (bicyclic) bond motifs is 5. The summed E-state index contributed by atoms with van der Waals surface area (Å²) in [5.74, 6) is 0. The normalized spacial score (nSPS) is 11.5. The third-order valence-electron chi connectivity index (χ3n) is 10.4. The number of para-hydroxylation sites is 2. The largest absolute Gasteiger partial charge is 0.353 e. The van der Waals surface area contributed by atoms with E-state index in [2.05, 4.69) is 210 Å². The molecule has 2 nitrogen and oxygen atoms in total. The van der Waals surface area contributed by atoms with Crippen LogP contribution in [0.3, 0.4) is 0 Å². The molecule has 0 atom stereocenters. The Hall–Kier alpha value is -6.90. The zero-order chi connectivity index (χ0) is 34.4. The molecule has 0 aliphatic carbocycles. The second kappa shape index (κ2) is 12.5. The molecule has 52 heavy (non-hydrogen) atoms. The summed E-state index contributed by atoms with van der Waals surface area (Å²) in [6.07, 6.45) is 0. The maximum atomic E-state index is 3.95. The SMILES string of the molecule is c1ccc(-c2ccc3c4ccccc4n(-c4ccccc4)c3c2Nc2ccc(-c3c4ccccc4c(-c4ccccc4)c4ccccc34)cc2)cc1. The van der Waals surface area contributed by atoms with Crippen LogP contribution < -0.4 is 5.32 Å². The minimum Gasteiger partial charge on any atom is -0.353 e. The second-order valence-electron chi connectivity index (χ2n) is 13.3. The molecule has 0 aliphatic rings. The highest BCUT2D eigenvalue weighted by Crippen LogP contribution is 2.45. The van der Waals surface area contributed by atoms with Crippen molar-refractivity contribution in [3.8, 4) is 39.1 Å². The molecule has 0 fully saturated rings. The minimum atomic E-state index is 1.04. The lowest BCUT2D eigenvalue weighted by Crippen LogP contribution is -2.00. The molecule has 9 aromatic carbocycles. The summed E-state index contributed by atoms with van der Waals surface area (Å²) >= 11 is 0. The van der Waals surface area contributed by atoms with Crippen LogP contribution in [0.5, 0.6) is 0 Å². The quantitative estimate of drug-likeness (QED) is 0.175. The summed E-state index contributed by atoms with van der Waals surface area (Å²) in [6.45, 7) is 0. The number of rotatable bonds is 6. The first-order valence-corrected chi connectivity index (χ1v) is 17.9. The van der Waals surface area contributed by atoms with Gasteiger partial charge >= 0.3 is 0 Å². The molecule has 2 heteroatoms. The molecule has 1 heterocycles. The first kappa shape index (κ1) is 30.0. The van der Waals surface area contributed by atoms with Gasteiger partial charge in [-0.1, -0.05) is 170 Å². The van der Waals surface area contributed by atoms with Crippen LogP contribution in [0, 0.1) is 0 Å². The number of anilines is 2. The Morgan fingerprint density at radius 2 is 0.788 bits per heavy atom.